The minimum Gasteiger partial charge on any atom is -0.484 e. The van der Waals surface area contributed by atoms with Crippen molar-refractivity contribution < 1.29 is 18.7 Å². The summed E-state index contributed by atoms with van der Waals surface area (Å²) in [6, 6.07) is 12.0. The van der Waals surface area contributed by atoms with Crippen molar-refractivity contribution in [1.82, 2.24) is 10.3 Å². The summed E-state index contributed by atoms with van der Waals surface area (Å²) >= 11 is 0. The third-order valence-electron chi connectivity index (χ3n) is 4.83. The molecule has 30 heavy (non-hydrogen) atoms. The van der Waals surface area contributed by atoms with Gasteiger partial charge in [0.15, 0.2) is 6.61 Å². The lowest BCUT2D eigenvalue weighted by Gasteiger charge is -2.32. The van der Waals surface area contributed by atoms with E-state index in [2.05, 4.69) is 15.2 Å². The van der Waals surface area contributed by atoms with Gasteiger partial charge in [0.1, 0.15) is 17.2 Å². The summed E-state index contributed by atoms with van der Waals surface area (Å²) < 4.78 is 16.2. The largest absolute Gasteiger partial charge is 0.484 e. The average molecular weight is 409 g/mol. The van der Waals surface area contributed by atoms with Crippen molar-refractivity contribution in [2.24, 2.45) is 0 Å². The Kier molecular flexibility index (Phi) is 5.94. The molecule has 3 aromatic rings. The Morgan fingerprint density at radius 3 is 2.93 bits per heavy atom. The summed E-state index contributed by atoms with van der Waals surface area (Å²) in [5.41, 5.74) is 0.891. The molecule has 0 bridgehead atoms. The third kappa shape index (κ3) is 4.96. The highest BCUT2D eigenvalue weighted by Gasteiger charge is 2.17. The van der Waals surface area contributed by atoms with Crippen LogP contribution in [0, 0.1) is 0 Å². The number of hydrogen-bond donors (Lipinski definition) is 1. The molecule has 2 aromatic heterocycles. The van der Waals surface area contributed by atoms with E-state index in [1.165, 1.54) is 6.07 Å². The molecule has 156 valence electrons. The summed E-state index contributed by atoms with van der Waals surface area (Å²) in [5.74, 6) is 1.11. The Hall–Kier alpha value is -3.39. The minimum absolute atomic E-state index is 0.139. The zero-order valence-electron chi connectivity index (χ0n) is 16.7. The van der Waals surface area contributed by atoms with Crippen LogP contribution in [0.2, 0.25) is 0 Å². The van der Waals surface area contributed by atoms with Crippen molar-refractivity contribution in [3.05, 3.63) is 64.6 Å². The summed E-state index contributed by atoms with van der Waals surface area (Å²) in [5, 5.41) is 3.60. The number of anilines is 1. The summed E-state index contributed by atoms with van der Waals surface area (Å²) in [6.45, 7) is 4.61. The van der Waals surface area contributed by atoms with E-state index >= 15 is 0 Å². The molecule has 1 saturated heterocycles. The first-order chi connectivity index (χ1) is 14.6. The lowest BCUT2D eigenvalue weighted by molar-refractivity contribution is -0.123. The number of ether oxygens (including phenoxy) is 2. The highest BCUT2D eigenvalue weighted by atomic mass is 16.5. The zero-order valence-corrected chi connectivity index (χ0v) is 16.7. The predicted molar refractivity (Wildman–Crippen MR) is 112 cm³/mol. The number of fused-ring (bicyclic) bond motifs is 1. The first-order valence-electron chi connectivity index (χ1n) is 9.82. The van der Waals surface area contributed by atoms with Gasteiger partial charge < -0.3 is 24.1 Å². The molecule has 0 aliphatic carbocycles. The number of rotatable bonds is 6. The molecular formula is C22H23N3O5. The van der Waals surface area contributed by atoms with Gasteiger partial charge in [-0.1, -0.05) is 6.07 Å². The van der Waals surface area contributed by atoms with Crippen LogP contribution in [0.15, 0.2) is 57.9 Å². The van der Waals surface area contributed by atoms with Gasteiger partial charge in [0.2, 0.25) is 0 Å². The number of carbonyl (C=O) groups excluding carboxylic acids is 1. The van der Waals surface area contributed by atoms with E-state index in [1.807, 2.05) is 19.1 Å². The van der Waals surface area contributed by atoms with Crippen molar-refractivity contribution in [1.29, 1.82) is 0 Å². The van der Waals surface area contributed by atoms with E-state index in [0.29, 0.717) is 24.5 Å². The molecule has 1 aromatic carbocycles. The molecule has 8 nitrogen and oxygen atoms in total. The van der Waals surface area contributed by atoms with Gasteiger partial charge in [0.25, 0.3) is 5.91 Å². The fourth-order valence-electron chi connectivity index (χ4n) is 3.27. The van der Waals surface area contributed by atoms with E-state index in [1.54, 1.807) is 30.5 Å². The van der Waals surface area contributed by atoms with Gasteiger partial charge in [-0.2, -0.15) is 0 Å². The van der Waals surface area contributed by atoms with Gasteiger partial charge in [-0.3, -0.25) is 4.79 Å². The van der Waals surface area contributed by atoms with Crippen molar-refractivity contribution in [3.8, 4) is 5.75 Å². The van der Waals surface area contributed by atoms with Crippen LogP contribution in [-0.4, -0.2) is 43.3 Å². The maximum absolute atomic E-state index is 12.1. The van der Waals surface area contributed by atoms with Gasteiger partial charge >= 0.3 is 5.63 Å². The molecule has 1 unspecified atom stereocenters. The second-order valence-electron chi connectivity index (χ2n) is 7.17. The van der Waals surface area contributed by atoms with Gasteiger partial charge in [-0.25, -0.2) is 9.78 Å². The standard InChI is InChI=1S/C22H23N3O5/c1-15-13-25(8-9-28-15)20-6-2-16(11-23-20)12-24-21(26)14-29-18-5-3-17-4-7-22(27)30-19(17)10-18/h2-7,10-11,15H,8-9,12-14H2,1H3,(H,24,26). The van der Waals surface area contributed by atoms with Gasteiger partial charge in [-0.05, 0) is 36.8 Å². The molecule has 4 rings (SSSR count). The van der Waals surface area contributed by atoms with Crippen molar-refractivity contribution in [2.75, 3.05) is 31.2 Å². The molecule has 3 heterocycles. The Morgan fingerprint density at radius 1 is 1.27 bits per heavy atom. The minimum atomic E-state index is -0.430. The Bertz CT molecular complexity index is 1080. The fourth-order valence-corrected chi connectivity index (χ4v) is 3.27. The van der Waals surface area contributed by atoms with Crippen LogP contribution in [0.5, 0.6) is 5.75 Å². The number of morpholine rings is 1. The smallest absolute Gasteiger partial charge is 0.336 e. The Balaban J connectivity index is 1.27. The first kappa shape index (κ1) is 19.9. The van der Waals surface area contributed by atoms with Crippen molar-refractivity contribution >= 4 is 22.7 Å². The molecule has 1 atom stereocenters. The van der Waals surface area contributed by atoms with E-state index in [0.717, 1.165) is 29.9 Å². The molecule has 1 amide bonds. The monoisotopic (exact) mass is 409 g/mol. The number of benzene rings is 1. The number of aromatic nitrogens is 1. The van der Waals surface area contributed by atoms with Crippen LogP contribution in [0.1, 0.15) is 12.5 Å². The number of amides is 1. The highest BCUT2D eigenvalue weighted by Crippen LogP contribution is 2.19. The van der Waals surface area contributed by atoms with E-state index in [9.17, 15) is 9.59 Å². The van der Waals surface area contributed by atoms with Crippen molar-refractivity contribution in [3.63, 3.8) is 0 Å². The predicted octanol–water partition coefficient (Wildman–Crippen LogP) is 2.11. The number of carbonyl (C=O) groups is 1. The van der Waals surface area contributed by atoms with Crippen LogP contribution >= 0.6 is 0 Å². The second-order valence-corrected chi connectivity index (χ2v) is 7.17. The molecule has 8 heteroatoms. The highest BCUT2D eigenvalue weighted by molar-refractivity contribution is 5.79. The van der Waals surface area contributed by atoms with Crippen LogP contribution in [0.3, 0.4) is 0 Å². The number of nitrogens with zero attached hydrogens (tertiary/aromatic N) is 2. The molecule has 0 radical (unpaired) electrons. The normalized spacial score (nSPS) is 16.4. The Labute approximate surface area is 173 Å². The molecule has 1 fully saturated rings. The number of nitrogens with one attached hydrogen (secondary N) is 1. The molecule has 0 saturated carbocycles. The molecular weight excluding hydrogens is 386 g/mol. The first-order valence-corrected chi connectivity index (χ1v) is 9.82. The van der Waals surface area contributed by atoms with Gasteiger partial charge in [0, 0.05) is 43.4 Å². The summed E-state index contributed by atoms with van der Waals surface area (Å²) in [7, 11) is 0. The van der Waals surface area contributed by atoms with Crippen molar-refractivity contribution in [2.45, 2.75) is 19.6 Å². The van der Waals surface area contributed by atoms with Crippen LogP contribution in [-0.2, 0) is 16.1 Å². The lowest BCUT2D eigenvalue weighted by atomic mass is 10.2. The van der Waals surface area contributed by atoms with Gasteiger partial charge in [-0.15, -0.1) is 0 Å². The fraction of sp³-hybridized carbons (Fsp3) is 0.318. The third-order valence-corrected chi connectivity index (χ3v) is 4.83. The van der Waals surface area contributed by atoms with Crippen LogP contribution in [0.25, 0.3) is 11.0 Å². The van der Waals surface area contributed by atoms with Gasteiger partial charge in [0.05, 0.1) is 12.7 Å². The molecule has 0 spiro atoms. The maximum atomic E-state index is 12.1. The number of hydrogen-bond acceptors (Lipinski definition) is 7. The topological polar surface area (TPSA) is 93.9 Å². The van der Waals surface area contributed by atoms with Crippen LogP contribution in [0.4, 0.5) is 5.82 Å². The second kappa shape index (κ2) is 8.96. The van der Waals surface area contributed by atoms with E-state index in [4.69, 9.17) is 13.9 Å². The van der Waals surface area contributed by atoms with Crippen LogP contribution < -0.4 is 20.6 Å². The molecule has 1 aliphatic rings. The summed E-state index contributed by atoms with van der Waals surface area (Å²) in [6.07, 6.45) is 1.96. The Morgan fingerprint density at radius 2 is 2.13 bits per heavy atom. The SMILES string of the molecule is CC1CN(c2ccc(CNC(=O)COc3ccc4ccc(=O)oc4c3)cn2)CCO1. The number of pyridine rings is 1. The molecule has 1 N–H and O–H groups in total. The van der Waals surface area contributed by atoms with E-state index < -0.39 is 5.63 Å². The zero-order chi connectivity index (χ0) is 20.9. The maximum Gasteiger partial charge on any atom is 0.336 e. The lowest BCUT2D eigenvalue weighted by Crippen LogP contribution is -2.41. The molecule has 1 aliphatic heterocycles. The average Bonchev–Trinajstić information content (AvgIpc) is 2.76. The summed E-state index contributed by atoms with van der Waals surface area (Å²) in [4.78, 5) is 30.1. The quantitative estimate of drug-likeness (QED) is 0.623. The van der Waals surface area contributed by atoms with E-state index in [-0.39, 0.29) is 18.6 Å².